The van der Waals surface area contributed by atoms with Gasteiger partial charge in [0.05, 0.1) is 12.6 Å². The van der Waals surface area contributed by atoms with E-state index in [4.69, 9.17) is 0 Å². The highest BCUT2D eigenvalue weighted by atomic mass is 19.1. The molecule has 2 N–H and O–H groups in total. The molecule has 0 bridgehead atoms. The Hall–Kier alpha value is -2.20. The molecule has 0 saturated heterocycles. The van der Waals surface area contributed by atoms with Gasteiger partial charge in [0.15, 0.2) is 0 Å². The van der Waals surface area contributed by atoms with Crippen LogP contribution in [0.4, 0.5) is 4.39 Å². The first-order valence-electron chi connectivity index (χ1n) is 5.93. The zero-order valence-corrected chi connectivity index (χ0v) is 10.2. The number of hydrogen-bond acceptors (Lipinski definition) is 2. The van der Waals surface area contributed by atoms with Crippen LogP contribution in [0.3, 0.4) is 0 Å². The summed E-state index contributed by atoms with van der Waals surface area (Å²) in [5.74, 6) is -0.700. The highest BCUT2D eigenvalue weighted by molar-refractivity contribution is 5.94. The van der Waals surface area contributed by atoms with Crippen molar-refractivity contribution in [2.24, 2.45) is 0 Å². The molecule has 0 spiro atoms. The maximum Gasteiger partial charge on any atom is 0.251 e. The summed E-state index contributed by atoms with van der Waals surface area (Å²) in [5.41, 5.74) is 1.03. The average Bonchev–Trinajstić information content (AvgIpc) is 2.45. The minimum absolute atomic E-state index is 0.290. The summed E-state index contributed by atoms with van der Waals surface area (Å²) >= 11 is 0. The highest BCUT2D eigenvalue weighted by Crippen LogP contribution is 2.14. The molecule has 0 radical (unpaired) electrons. The average molecular weight is 259 g/mol. The Morgan fingerprint density at radius 1 is 1.16 bits per heavy atom. The predicted octanol–water partition coefficient (Wildman–Crippen LogP) is 2.29. The van der Waals surface area contributed by atoms with Crippen LogP contribution >= 0.6 is 0 Å². The first-order valence-corrected chi connectivity index (χ1v) is 5.93. The summed E-state index contributed by atoms with van der Waals surface area (Å²) in [6.45, 7) is -0.290. The van der Waals surface area contributed by atoms with Crippen molar-refractivity contribution in [1.29, 1.82) is 0 Å². The van der Waals surface area contributed by atoms with Gasteiger partial charge in [0, 0.05) is 5.56 Å². The van der Waals surface area contributed by atoms with Crippen LogP contribution in [0.2, 0.25) is 0 Å². The van der Waals surface area contributed by atoms with Crippen LogP contribution in [0.15, 0.2) is 54.6 Å². The molecule has 2 aromatic carbocycles. The molecule has 0 aliphatic carbocycles. The highest BCUT2D eigenvalue weighted by Gasteiger charge is 2.15. The van der Waals surface area contributed by atoms with Crippen molar-refractivity contribution >= 4 is 5.91 Å². The summed E-state index contributed by atoms with van der Waals surface area (Å²) in [6, 6.07) is 13.9. The molecule has 0 aliphatic rings. The van der Waals surface area contributed by atoms with Crippen LogP contribution < -0.4 is 5.32 Å². The Kier molecular flexibility index (Phi) is 4.26. The fourth-order valence-electron chi connectivity index (χ4n) is 1.79. The van der Waals surface area contributed by atoms with Gasteiger partial charge < -0.3 is 10.4 Å². The van der Waals surface area contributed by atoms with E-state index in [0.29, 0.717) is 11.1 Å². The zero-order chi connectivity index (χ0) is 13.7. The third-order valence-corrected chi connectivity index (χ3v) is 2.77. The molecule has 1 atom stereocenters. The van der Waals surface area contributed by atoms with Gasteiger partial charge in [-0.1, -0.05) is 30.3 Å². The molecular formula is C15H14FNO2. The topological polar surface area (TPSA) is 49.3 Å². The Labute approximate surface area is 110 Å². The second-order valence-corrected chi connectivity index (χ2v) is 4.13. The monoisotopic (exact) mass is 259 g/mol. The lowest BCUT2D eigenvalue weighted by molar-refractivity contribution is 0.0916. The first-order chi connectivity index (χ1) is 9.20. The third kappa shape index (κ3) is 3.39. The van der Waals surface area contributed by atoms with Gasteiger partial charge in [0.25, 0.3) is 5.91 Å². The lowest BCUT2D eigenvalue weighted by atomic mass is 10.1. The van der Waals surface area contributed by atoms with Gasteiger partial charge in [-0.05, 0) is 29.8 Å². The van der Waals surface area contributed by atoms with Crippen molar-refractivity contribution in [3.63, 3.8) is 0 Å². The number of aliphatic hydroxyl groups excluding tert-OH is 1. The van der Waals surface area contributed by atoms with Crippen LogP contribution in [0.25, 0.3) is 0 Å². The maximum atomic E-state index is 13.1. The van der Waals surface area contributed by atoms with Crippen molar-refractivity contribution < 1.29 is 14.3 Å². The first kappa shape index (κ1) is 13.2. The van der Waals surface area contributed by atoms with E-state index in [2.05, 4.69) is 5.32 Å². The zero-order valence-electron chi connectivity index (χ0n) is 10.2. The molecule has 98 valence electrons. The predicted molar refractivity (Wildman–Crippen MR) is 70.1 cm³/mol. The SMILES string of the molecule is O=C(NC(CO)c1cccc(F)c1)c1ccccc1. The van der Waals surface area contributed by atoms with Crippen molar-refractivity contribution in [3.8, 4) is 0 Å². The number of hydrogen-bond donors (Lipinski definition) is 2. The quantitative estimate of drug-likeness (QED) is 0.885. The van der Waals surface area contributed by atoms with Crippen molar-refractivity contribution in [3.05, 3.63) is 71.5 Å². The van der Waals surface area contributed by atoms with Crippen molar-refractivity contribution in [2.75, 3.05) is 6.61 Å². The summed E-state index contributed by atoms with van der Waals surface area (Å²) in [7, 11) is 0. The maximum absolute atomic E-state index is 13.1. The molecule has 0 fully saturated rings. The van der Waals surface area contributed by atoms with Gasteiger partial charge in [-0.3, -0.25) is 4.79 Å². The largest absolute Gasteiger partial charge is 0.394 e. The Morgan fingerprint density at radius 2 is 1.89 bits per heavy atom. The van der Waals surface area contributed by atoms with Crippen LogP contribution in [0.1, 0.15) is 22.0 Å². The molecule has 0 saturated carbocycles. The van der Waals surface area contributed by atoms with Gasteiger partial charge in [-0.2, -0.15) is 0 Å². The number of nitrogens with one attached hydrogen (secondary N) is 1. The fraction of sp³-hybridized carbons (Fsp3) is 0.133. The summed E-state index contributed by atoms with van der Waals surface area (Å²) in [4.78, 5) is 12.0. The molecule has 4 heteroatoms. The summed E-state index contributed by atoms with van der Waals surface area (Å²) in [6.07, 6.45) is 0. The van der Waals surface area contributed by atoms with Crippen molar-refractivity contribution in [1.82, 2.24) is 5.32 Å². The lowest BCUT2D eigenvalue weighted by Crippen LogP contribution is -2.30. The molecule has 3 nitrogen and oxygen atoms in total. The van der Waals surface area contributed by atoms with E-state index in [9.17, 15) is 14.3 Å². The van der Waals surface area contributed by atoms with E-state index >= 15 is 0 Å². The second-order valence-electron chi connectivity index (χ2n) is 4.13. The molecule has 0 aromatic heterocycles. The molecule has 0 heterocycles. The van der Waals surface area contributed by atoms with Gasteiger partial charge >= 0.3 is 0 Å². The minimum Gasteiger partial charge on any atom is -0.394 e. The van der Waals surface area contributed by atoms with Crippen LogP contribution in [0, 0.1) is 5.82 Å². The third-order valence-electron chi connectivity index (χ3n) is 2.77. The van der Waals surface area contributed by atoms with E-state index in [1.54, 1.807) is 36.4 Å². The molecule has 0 aliphatic heterocycles. The summed E-state index contributed by atoms with van der Waals surface area (Å²) in [5, 5.41) is 12.0. The number of carbonyl (C=O) groups is 1. The fourth-order valence-corrected chi connectivity index (χ4v) is 1.79. The van der Waals surface area contributed by atoms with E-state index in [1.165, 1.54) is 12.1 Å². The van der Waals surface area contributed by atoms with Gasteiger partial charge in [-0.15, -0.1) is 0 Å². The molecule has 2 rings (SSSR count). The lowest BCUT2D eigenvalue weighted by Gasteiger charge is -2.16. The van der Waals surface area contributed by atoms with Gasteiger partial charge in [0.1, 0.15) is 5.82 Å². The molecule has 1 unspecified atom stereocenters. The van der Waals surface area contributed by atoms with Crippen LogP contribution in [-0.2, 0) is 0 Å². The minimum atomic E-state index is -0.622. The number of aliphatic hydroxyl groups is 1. The van der Waals surface area contributed by atoms with Gasteiger partial charge in [-0.25, -0.2) is 4.39 Å². The van der Waals surface area contributed by atoms with E-state index < -0.39 is 11.9 Å². The normalized spacial score (nSPS) is 11.9. The Bertz CT molecular complexity index is 557. The Morgan fingerprint density at radius 3 is 2.53 bits per heavy atom. The summed E-state index contributed by atoms with van der Waals surface area (Å²) < 4.78 is 13.1. The molecule has 19 heavy (non-hydrogen) atoms. The van der Waals surface area contributed by atoms with E-state index in [-0.39, 0.29) is 12.5 Å². The number of amides is 1. The number of halogens is 1. The second kappa shape index (κ2) is 6.11. The van der Waals surface area contributed by atoms with Gasteiger partial charge in [0.2, 0.25) is 0 Å². The smallest absolute Gasteiger partial charge is 0.251 e. The number of rotatable bonds is 4. The Balaban J connectivity index is 2.14. The van der Waals surface area contributed by atoms with E-state index in [1.807, 2.05) is 6.07 Å². The number of carbonyl (C=O) groups excluding carboxylic acids is 1. The molecule has 2 aromatic rings. The number of benzene rings is 2. The van der Waals surface area contributed by atoms with Crippen LogP contribution in [-0.4, -0.2) is 17.6 Å². The van der Waals surface area contributed by atoms with E-state index in [0.717, 1.165) is 0 Å². The van der Waals surface area contributed by atoms with Crippen LogP contribution in [0.5, 0.6) is 0 Å². The molecule has 1 amide bonds. The van der Waals surface area contributed by atoms with Crippen molar-refractivity contribution in [2.45, 2.75) is 6.04 Å². The molecular weight excluding hydrogens is 245 g/mol. The standard InChI is InChI=1S/C15H14FNO2/c16-13-8-4-7-12(9-13)14(10-18)17-15(19)11-5-2-1-3-6-11/h1-9,14,18H,10H2,(H,17,19).